The molecule has 1 spiro atoms. The molecule has 0 radical (unpaired) electrons. The van der Waals surface area contributed by atoms with Gasteiger partial charge < -0.3 is 19.7 Å². The van der Waals surface area contributed by atoms with Gasteiger partial charge in [0.15, 0.2) is 17.1 Å². The lowest BCUT2D eigenvalue weighted by Crippen LogP contribution is -2.32. The topological polar surface area (TPSA) is 76.0 Å². The summed E-state index contributed by atoms with van der Waals surface area (Å²) in [5, 5.41) is 20.0. The van der Waals surface area contributed by atoms with Crippen LogP contribution in [0.15, 0.2) is 60.7 Å². The smallest absolute Gasteiger partial charge is 0.344 e. The number of para-hydroxylation sites is 2. The van der Waals surface area contributed by atoms with Crippen molar-refractivity contribution in [2.24, 2.45) is 0 Å². The molecule has 3 aromatic rings. The SMILES string of the molecule is O=C1OC2(c3ccccc3Oc3ccccc32)c2ccc(O)c(O)c21. The Morgan fingerprint density at radius 1 is 0.760 bits per heavy atom. The molecule has 122 valence electrons. The summed E-state index contributed by atoms with van der Waals surface area (Å²) >= 11 is 0. The number of hydrogen-bond donors (Lipinski definition) is 2. The minimum absolute atomic E-state index is 0.0218. The number of phenols is 2. The Balaban J connectivity index is 1.93. The van der Waals surface area contributed by atoms with Crippen molar-refractivity contribution in [1.82, 2.24) is 0 Å². The third-order valence-corrected chi connectivity index (χ3v) is 4.74. The van der Waals surface area contributed by atoms with Crippen molar-refractivity contribution in [3.8, 4) is 23.0 Å². The van der Waals surface area contributed by atoms with E-state index in [9.17, 15) is 15.0 Å². The molecule has 0 atom stereocenters. The molecule has 2 N–H and O–H groups in total. The zero-order valence-electron chi connectivity index (χ0n) is 12.9. The number of carbonyl (C=O) groups excluding carboxylic acids is 1. The van der Waals surface area contributed by atoms with Gasteiger partial charge in [0.05, 0.1) is 0 Å². The molecule has 25 heavy (non-hydrogen) atoms. The Bertz CT molecular complexity index is 1010. The molecular formula is C20H12O5. The van der Waals surface area contributed by atoms with E-state index in [-0.39, 0.29) is 11.3 Å². The van der Waals surface area contributed by atoms with Gasteiger partial charge in [-0.2, -0.15) is 0 Å². The molecule has 2 heterocycles. The average Bonchev–Trinajstić information content (AvgIpc) is 2.92. The highest BCUT2D eigenvalue weighted by Crippen LogP contribution is 2.57. The molecule has 0 saturated heterocycles. The number of esters is 1. The summed E-state index contributed by atoms with van der Waals surface area (Å²) < 4.78 is 11.8. The highest BCUT2D eigenvalue weighted by atomic mass is 16.6. The number of phenolic OH excluding ortho intramolecular Hbond substituents is 2. The van der Waals surface area contributed by atoms with Gasteiger partial charge in [-0.1, -0.05) is 36.4 Å². The van der Waals surface area contributed by atoms with Crippen LogP contribution in [-0.2, 0) is 10.3 Å². The van der Waals surface area contributed by atoms with E-state index in [1.54, 1.807) is 18.2 Å². The van der Waals surface area contributed by atoms with Crippen LogP contribution in [0.4, 0.5) is 0 Å². The van der Waals surface area contributed by atoms with Crippen molar-refractivity contribution in [1.29, 1.82) is 0 Å². The summed E-state index contributed by atoms with van der Waals surface area (Å²) in [6, 6.07) is 17.6. The number of aromatic hydroxyl groups is 2. The molecule has 2 aliphatic rings. The third kappa shape index (κ3) is 1.59. The van der Waals surface area contributed by atoms with Crippen LogP contribution in [0.2, 0.25) is 0 Å². The van der Waals surface area contributed by atoms with E-state index in [2.05, 4.69) is 0 Å². The Hall–Kier alpha value is -3.47. The largest absolute Gasteiger partial charge is 0.504 e. The quantitative estimate of drug-likeness (QED) is 0.485. The van der Waals surface area contributed by atoms with Gasteiger partial charge in [0.25, 0.3) is 0 Å². The van der Waals surface area contributed by atoms with E-state index in [0.29, 0.717) is 28.2 Å². The highest BCUT2D eigenvalue weighted by molar-refractivity contribution is 6.00. The third-order valence-electron chi connectivity index (χ3n) is 4.74. The zero-order chi connectivity index (χ0) is 17.2. The molecule has 0 aliphatic carbocycles. The highest BCUT2D eigenvalue weighted by Gasteiger charge is 2.54. The summed E-state index contributed by atoms with van der Waals surface area (Å²) in [6.45, 7) is 0. The van der Waals surface area contributed by atoms with Crippen LogP contribution >= 0.6 is 0 Å². The van der Waals surface area contributed by atoms with Gasteiger partial charge in [0.2, 0.25) is 0 Å². The zero-order valence-corrected chi connectivity index (χ0v) is 12.9. The summed E-state index contributed by atoms with van der Waals surface area (Å²) in [5.74, 6) is -0.360. The average molecular weight is 332 g/mol. The number of carbonyl (C=O) groups is 1. The van der Waals surface area contributed by atoms with E-state index in [0.717, 1.165) is 0 Å². The fourth-order valence-corrected chi connectivity index (χ4v) is 3.68. The molecule has 5 rings (SSSR count). The van der Waals surface area contributed by atoms with Gasteiger partial charge in [-0.3, -0.25) is 0 Å². The Labute approximate surface area is 142 Å². The Morgan fingerprint density at radius 3 is 2.00 bits per heavy atom. The number of ether oxygens (including phenoxy) is 2. The monoisotopic (exact) mass is 332 g/mol. The number of fused-ring (bicyclic) bond motifs is 6. The number of benzene rings is 3. The van der Waals surface area contributed by atoms with Gasteiger partial charge in [0.1, 0.15) is 17.1 Å². The lowest BCUT2D eigenvalue weighted by Gasteiger charge is -2.36. The number of rotatable bonds is 0. The second-order valence-electron chi connectivity index (χ2n) is 6.02. The second kappa shape index (κ2) is 4.54. The van der Waals surface area contributed by atoms with Crippen molar-refractivity contribution in [3.05, 3.63) is 82.9 Å². The van der Waals surface area contributed by atoms with Crippen LogP contribution < -0.4 is 4.74 Å². The normalized spacial score (nSPS) is 15.8. The molecule has 0 fully saturated rings. The summed E-state index contributed by atoms with van der Waals surface area (Å²) in [6.07, 6.45) is 0. The standard InChI is InChI=1S/C20H12O5/c21-14-10-9-13-17(18(14)22)19(23)25-20(13)11-5-1-3-7-15(11)24-16-8-4-2-6-12(16)20/h1-10,21-22H. The molecule has 5 nitrogen and oxygen atoms in total. The second-order valence-corrected chi connectivity index (χ2v) is 6.02. The summed E-state index contributed by atoms with van der Waals surface area (Å²) in [4.78, 5) is 12.6. The van der Waals surface area contributed by atoms with Gasteiger partial charge in [0, 0.05) is 16.7 Å². The van der Waals surface area contributed by atoms with Crippen LogP contribution in [0.1, 0.15) is 27.0 Å². The van der Waals surface area contributed by atoms with Gasteiger partial charge >= 0.3 is 5.97 Å². The molecule has 0 aromatic heterocycles. The van der Waals surface area contributed by atoms with Crippen LogP contribution in [0.5, 0.6) is 23.0 Å². The molecule has 0 saturated carbocycles. The number of hydrogen-bond acceptors (Lipinski definition) is 5. The summed E-state index contributed by atoms with van der Waals surface area (Å²) in [5.41, 5.74) is 0.586. The van der Waals surface area contributed by atoms with Gasteiger partial charge in [-0.25, -0.2) is 4.79 Å². The fraction of sp³-hybridized carbons (Fsp3) is 0.0500. The van der Waals surface area contributed by atoms with Gasteiger partial charge in [-0.05, 0) is 24.3 Å². The molecular weight excluding hydrogens is 320 g/mol. The molecule has 0 amide bonds. The molecule has 3 aromatic carbocycles. The first-order valence-corrected chi connectivity index (χ1v) is 7.78. The molecule has 2 aliphatic heterocycles. The van der Waals surface area contributed by atoms with Crippen molar-refractivity contribution in [3.63, 3.8) is 0 Å². The molecule has 0 bridgehead atoms. The fourth-order valence-electron chi connectivity index (χ4n) is 3.68. The van der Waals surface area contributed by atoms with E-state index >= 15 is 0 Å². The predicted octanol–water partition coefficient (Wildman–Crippen LogP) is 3.67. The van der Waals surface area contributed by atoms with Crippen molar-refractivity contribution in [2.75, 3.05) is 0 Å². The van der Waals surface area contributed by atoms with Crippen LogP contribution in [0, 0.1) is 0 Å². The molecule has 0 unspecified atom stereocenters. The van der Waals surface area contributed by atoms with Crippen LogP contribution in [-0.4, -0.2) is 16.2 Å². The van der Waals surface area contributed by atoms with E-state index < -0.39 is 17.3 Å². The lowest BCUT2D eigenvalue weighted by atomic mass is 9.77. The van der Waals surface area contributed by atoms with Gasteiger partial charge in [-0.15, -0.1) is 0 Å². The van der Waals surface area contributed by atoms with Crippen molar-refractivity contribution < 1.29 is 24.5 Å². The van der Waals surface area contributed by atoms with E-state index in [4.69, 9.17) is 9.47 Å². The van der Waals surface area contributed by atoms with E-state index in [1.165, 1.54) is 6.07 Å². The van der Waals surface area contributed by atoms with Crippen molar-refractivity contribution in [2.45, 2.75) is 5.60 Å². The van der Waals surface area contributed by atoms with E-state index in [1.807, 2.05) is 36.4 Å². The van der Waals surface area contributed by atoms with Crippen LogP contribution in [0.25, 0.3) is 0 Å². The predicted molar refractivity (Wildman–Crippen MR) is 88.0 cm³/mol. The Morgan fingerprint density at radius 2 is 1.36 bits per heavy atom. The maximum absolute atomic E-state index is 12.6. The van der Waals surface area contributed by atoms with Crippen LogP contribution in [0.3, 0.4) is 0 Å². The minimum Gasteiger partial charge on any atom is -0.504 e. The lowest BCUT2D eigenvalue weighted by molar-refractivity contribution is 0.0223. The molecule has 5 heteroatoms. The Kier molecular flexibility index (Phi) is 2.53. The maximum Gasteiger partial charge on any atom is 0.344 e. The first-order chi connectivity index (χ1) is 12.1. The minimum atomic E-state index is -1.22. The first kappa shape index (κ1) is 13.9. The first-order valence-electron chi connectivity index (χ1n) is 7.78. The maximum atomic E-state index is 12.6. The van der Waals surface area contributed by atoms with Crippen molar-refractivity contribution >= 4 is 5.97 Å². The summed E-state index contributed by atoms with van der Waals surface area (Å²) in [7, 11) is 0.